The zero-order chi connectivity index (χ0) is 13.5. The van der Waals surface area contributed by atoms with Crippen LogP contribution in [0.4, 0.5) is 0 Å². The molecule has 1 aliphatic rings. The first-order valence-corrected chi connectivity index (χ1v) is 6.86. The zero-order valence-corrected chi connectivity index (χ0v) is 11.9. The molecule has 1 saturated heterocycles. The largest absolute Gasteiger partial charge is 0.395 e. The van der Waals surface area contributed by atoms with E-state index in [-0.39, 0.29) is 18.6 Å². The van der Waals surface area contributed by atoms with E-state index in [0.29, 0.717) is 12.6 Å². The maximum atomic E-state index is 11.6. The second-order valence-electron chi connectivity index (χ2n) is 5.29. The van der Waals surface area contributed by atoms with Gasteiger partial charge in [-0.2, -0.15) is 0 Å². The van der Waals surface area contributed by atoms with Crippen LogP contribution < -0.4 is 5.32 Å². The number of carbonyl (C=O) groups excluding carboxylic acids is 1. The van der Waals surface area contributed by atoms with Crippen LogP contribution in [0.5, 0.6) is 0 Å². The molecule has 1 aliphatic heterocycles. The Bertz CT molecular complexity index is 247. The van der Waals surface area contributed by atoms with E-state index in [9.17, 15) is 4.79 Å². The number of rotatable bonds is 6. The Hall–Kier alpha value is -0.650. The molecule has 18 heavy (non-hydrogen) atoms. The summed E-state index contributed by atoms with van der Waals surface area (Å²) in [4.78, 5) is 15.4. The van der Waals surface area contributed by atoms with Crippen LogP contribution in [0, 0.1) is 0 Å². The van der Waals surface area contributed by atoms with E-state index in [4.69, 9.17) is 5.11 Å². The Morgan fingerprint density at radius 2 is 2.06 bits per heavy atom. The lowest BCUT2D eigenvalue weighted by atomic mass is 10.0. The number of carbonyl (C=O) groups is 1. The second-order valence-corrected chi connectivity index (χ2v) is 5.29. The molecule has 0 aromatic carbocycles. The van der Waals surface area contributed by atoms with Crippen LogP contribution >= 0.6 is 0 Å². The van der Waals surface area contributed by atoms with E-state index in [1.807, 2.05) is 0 Å². The number of likely N-dealkylation sites (N-methyl/N-ethyl adjacent to an activating group) is 1. The Morgan fingerprint density at radius 1 is 1.44 bits per heavy atom. The van der Waals surface area contributed by atoms with Crippen LogP contribution in [0.2, 0.25) is 0 Å². The maximum absolute atomic E-state index is 11.6. The van der Waals surface area contributed by atoms with Crippen molar-refractivity contribution in [2.24, 2.45) is 0 Å². The number of amides is 1. The third-order valence-corrected chi connectivity index (χ3v) is 3.63. The van der Waals surface area contributed by atoms with Crippen LogP contribution in [-0.4, -0.2) is 73.2 Å². The van der Waals surface area contributed by atoms with Gasteiger partial charge in [-0.15, -0.1) is 0 Å². The highest BCUT2D eigenvalue weighted by Crippen LogP contribution is 2.11. The highest BCUT2D eigenvalue weighted by molar-refractivity contribution is 5.77. The molecule has 106 valence electrons. The molecular formula is C13H27N3O2. The molecule has 0 radical (unpaired) electrons. The van der Waals surface area contributed by atoms with Crippen LogP contribution in [0.25, 0.3) is 0 Å². The third-order valence-electron chi connectivity index (χ3n) is 3.63. The van der Waals surface area contributed by atoms with Gasteiger partial charge >= 0.3 is 0 Å². The number of aliphatic hydroxyl groups excluding tert-OH is 1. The van der Waals surface area contributed by atoms with Crippen molar-refractivity contribution in [2.45, 2.75) is 38.3 Å². The smallest absolute Gasteiger partial charge is 0.236 e. The van der Waals surface area contributed by atoms with Gasteiger partial charge in [0.2, 0.25) is 5.91 Å². The lowest BCUT2D eigenvalue weighted by Crippen LogP contribution is -2.48. The van der Waals surface area contributed by atoms with Gasteiger partial charge in [0.05, 0.1) is 13.2 Å². The average molecular weight is 257 g/mol. The predicted molar refractivity (Wildman–Crippen MR) is 72.5 cm³/mol. The molecule has 2 N–H and O–H groups in total. The predicted octanol–water partition coefficient (Wildman–Crippen LogP) is -0.100. The second kappa shape index (κ2) is 7.71. The van der Waals surface area contributed by atoms with Gasteiger partial charge in [-0.25, -0.2) is 0 Å². The normalized spacial score (nSPS) is 19.8. The van der Waals surface area contributed by atoms with Gasteiger partial charge in [-0.1, -0.05) is 6.92 Å². The van der Waals surface area contributed by atoms with Crippen molar-refractivity contribution in [3.8, 4) is 0 Å². The molecule has 0 aliphatic carbocycles. The fraction of sp³-hybridized carbons (Fsp3) is 0.923. The summed E-state index contributed by atoms with van der Waals surface area (Å²) in [6.07, 6.45) is 3.06. The zero-order valence-electron chi connectivity index (χ0n) is 11.9. The van der Waals surface area contributed by atoms with Crippen molar-refractivity contribution in [3.05, 3.63) is 0 Å². The third kappa shape index (κ3) is 4.92. The Morgan fingerprint density at radius 3 is 2.50 bits per heavy atom. The number of piperidine rings is 1. The van der Waals surface area contributed by atoms with Gasteiger partial charge in [0.15, 0.2) is 0 Å². The summed E-state index contributed by atoms with van der Waals surface area (Å²) < 4.78 is 0. The minimum absolute atomic E-state index is 0.170. The minimum Gasteiger partial charge on any atom is -0.395 e. The maximum Gasteiger partial charge on any atom is 0.236 e. The summed E-state index contributed by atoms with van der Waals surface area (Å²) >= 11 is 0. The summed E-state index contributed by atoms with van der Waals surface area (Å²) in [5, 5.41) is 12.6. The van der Waals surface area contributed by atoms with Crippen molar-refractivity contribution in [1.82, 2.24) is 15.1 Å². The van der Waals surface area contributed by atoms with Gasteiger partial charge in [0.25, 0.3) is 0 Å². The first-order valence-electron chi connectivity index (χ1n) is 6.86. The van der Waals surface area contributed by atoms with Gasteiger partial charge < -0.3 is 15.3 Å². The highest BCUT2D eigenvalue weighted by atomic mass is 16.3. The van der Waals surface area contributed by atoms with Gasteiger partial charge in [-0.3, -0.25) is 9.69 Å². The molecule has 5 nitrogen and oxygen atoms in total. The van der Waals surface area contributed by atoms with E-state index in [1.165, 1.54) is 0 Å². The van der Waals surface area contributed by atoms with Crippen molar-refractivity contribution >= 4 is 5.91 Å². The first-order chi connectivity index (χ1) is 8.56. The SMILES string of the molecule is CCC(CO)NC1CCN(CC(=O)N(C)C)CC1. The molecule has 5 heteroatoms. The molecule has 1 atom stereocenters. The van der Waals surface area contributed by atoms with Crippen molar-refractivity contribution in [2.75, 3.05) is 40.3 Å². The molecule has 1 amide bonds. The number of hydrogen-bond donors (Lipinski definition) is 2. The lowest BCUT2D eigenvalue weighted by Gasteiger charge is -2.34. The van der Waals surface area contributed by atoms with Crippen molar-refractivity contribution < 1.29 is 9.90 Å². The number of likely N-dealkylation sites (tertiary alicyclic amines) is 1. The summed E-state index contributed by atoms with van der Waals surface area (Å²) in [5.74, 6) is 0.170. The molecule has 1 heterocycles. The molecule has 0 spiro atoms. The topological polar surface area (TPSA) is 55.8 Å². The molecule has 1 rings (SSSR count). The first kappa shape index (κ1) is 15.4. The van der Waals surface area contributed by atoms with Crippen LogP contribution in [0.1, 0.15) is 26.2 Å². The van der Waals surface area contributed by atoms with Crippen LogP contribution in [0.3, 0.4) is 0 Å². The fourth-order valence-corrected chi connectivity index (χ4v) is 2.22. The quantitative estimate of drug-likeness (QED) is 0.698. The van der Waals surface area contributed by atoms with E-state index in [1.54, 1.807) is 19.0 Å². The number of nitrogens with one attached hydrogen (secondary N) is 1. The monoisotopic (exact) mass is 257 g/mol. The Labute approximate surface area is 110 Å². The van der Waals surface area contributed by atoms with Crippen molar-refractivity contribution in [1.29, 1.82) is 0 Å². The van der Waals surface area contributed by atoms with E-state index >= 15 is 0 Å². The molecular weight excluding hydrogens is 230 g/mol. The number of nitrogens with zero attached hydrogens (tertiary/aromatic N) is 2. The van der Waals surface area contributed by atoms with E-state index < -0.39 is 0 Å². The summed E-state index contributed by atoms with van der Waals surface area (Å²) in [6.45, 7) is 4.73. The fourth-order valence-electron chi connectivity index (χ4n) is 2.22. The van der Waals surface area contributed by atoms with E-state index in [2.05, 4.69) is 17.1 Å². The van der Waals surface area contributed by atoms with Crippen LogP contribution in [0.15, 0.2) is 0 Å². The standard InChI is InChI=1S/C13H27N3O2/c1-4-11(10-17)14-12-5-7-16(8-6-12)9-13(18)15(2)3/h11-12,14,17H,4-10H2,1-3H3. The van der Waals surface area contributed by atoms with Crippen molar-refractivity contribution in [3.63, 3.8) is 0 Å². The van der Waals surface area contributed by atoms with Crippen LogP contribution in [-0.2, 0) is 4.79 Å². The van der Waals surface area contributed by atoms with Gasteiger partial charge in [0.1, 0.15) is 0 Å². The Balaban J connectivity index is 2.26. The molecule has 0 saturated carbocycles. The summed E-state index contributed by atoms with van der Waals surface area (Å²) in [5.41, 5.74) is 0. The molecule has 1 fully saturated rings. The number of aliphatic hydroxyl groups is 1. The van der Waals surface area contributed by atoms with E-state index in [0.717, 1.165) is 32.4 Å². The van der Waals surface area contributed by atoms with Gasteiger partial charge in [0, 0.05) is 39.3 Å². The summed E-state index contributed by atoms with van der Waals surface area (Å²) in [7, 11) is 3.59. The molecule has 0 aromatic rings. The molecule has 0 bridgehead atoms. The summed E-state index contributed by atoms with van der Waals surface area (Å²) in [6, 6.07) is 0.692. The highest BCUT2D eigenvalue weighted by Gasteiger charge is 2.22. The Kier molecular flexibility index (Phi) is 6.60. The number of hydrogen-bond acceptors (Lipinski definition) is 4. The minimum atomic E-state index is 0.170. The lowest BCUT2D eigenvalue weighted by molar-refractivity contribution is -0.130. The average Bonchev–Trinajstić information content (AvgIpc) is 2.37. The molecule has 1 unspecified atom stereocenters. The van der Waals surface area contributed by atoms with Gasteiger partial charge in [-0.05, 0) is 19.3 Å². The molecule has 0 aromatic heterocycles.